The van der Waals surface area contributed by atoms with E-state index in [4.69, 9.17) is 9.47 Å². The fraction of sp³-hybridized carbons (Fsp3) is 0.188. The average Bonchev–Trinajstić information content (AvgIpc) is 2.86. The number of benzene rings is 2. The predicted octanol–water partition coefficient (Wildman–Crippen LogP) is 3.93. The number of H-pyrrole nitrogens is 1. The van der Waals surface area contributed by atoms with E-state index < -0.39 is 0 Å². The Hall–Kier alpha value is -2.01. The molecule has 3 aromatic rings. The molecule has 0 unspecified atom stereocenters. The molecule has 0 aliphatic rings. The minimum Gasteiger partial charge on any atom is -0.493 e. The van der Waals surface area contributed by atoms with Crippen LogP contribution in [0.5, 0.6) is 11.5 Å². The second kappa shape index (κ2) is 5.77. The summed E-state index contributed by atoms with van der Waals surface area (Å²) in [6, 6.07) is 12.0. The molecule has 1 N–H and O–H groups in total. The molecule has 0 bridgehead atoms. The maximum absolute atomic E-state index is 5.31. The van der Waals surface area contributed by atoms with Gasteiger partial charge in [0.15, 0.2) is 11.5 Å². The Balaban J connectivity index is 1.97. The van der Waals surface area contributed by atoms with E-state index in [0.717, 1.165) is 27.8 Å². The van der Waals surface area contributed by atoms with Gasteiger partial charge in [0.25, 0.3) is 0 Å². The number of nitrogens with one attached hydrogen (secondary N) is 1. The predicted molar refractivity (Wildman–Crippen MR) is 86.1 cm³/mol. The van der Waals surface area contributed by atoms with Crippen molar-refractivity contribution in [3.8, 4) is 11.5 Å². The Morgan fingerprint density at radius 3 is 2.57 bits per heavy atom. The molecule has 0 amide bonds. The van der Waals surface area contributed by atoms with Gasteiger partial charge in [-0.25, -0.2) is 4.98 Å². The van der Waals surface area contributed by atoms with Crippen LogP contribution in [0.25, 0.3) is 11.0 Å². The molecule has 0 radical (unpaired) electrons. The first-order chi connectivity index (χ1) is 10.2. The van der Waals surface area contributed by atoms with Gasteiger partial charge >= 0.3 is 0 Å². The summed E-state index contributed by atoms with van der Waals surface area (Å²) in [6.07, 6.45) is 0.749. The molecule has 0 spiro atoms. The molecular formula is C16H15BrN2O2. The first-order valence-electron chi connectivity index (χ1n) is 6.54. The largest absolute Gasteiger partial charge is 0.493 e. The number of nitrogens with zero attached hydrogens (tertiary/aromatic N) is 1. The molecule has 1 aromatic heterocycles. The number of methoxy groups -OCH3 is 2. The summed E-state index contributed by atoms with van der Waals surface area (Å²) in [7, 11) is 3.25. The number of ether oxygens (including phenoxy) is 2. The molecule has 4 nitrogen and oxygen atoms in total. The zero-order chi connectivity index (χ0) is 14.8. The van der Waals surface area contributed by atoms with Crippen LogP contribution in [0.15, 0.2) is 40.9 Å². The number of halogens is 1. The lowest BCUT2D eigenvalue weighted by atomic mass is 10.1. The minimum absolute atomic E-state index is 0.686. The number of rotatable bonds is 4. The monoisotopic (exact) mass is 346 g/mol. The molecule has 1 heterocycles. The third-order valence-electron chi connectivity index (χ3n) is 3.30. The summed E-state index contributed by atoms with van der Waals surface area (Å²) in [6.45, 7) is 0. The lowest BCUT2D eigenvalue weighted by molar-refractivity contribution is 0.356. The van der Waals surface area contributed by atoms with Crippen LogP contribution < -0.4 is 9.47 Å². The van der Waals surface area contributed by atoms with E-state index in [0.29, 0.717) is 11.5 Å². The molecule has 0 aliphatic carbocycles. The molecule has 2 aromatic carbocycles. The van der Waals surface area contributed by atoms with Crippen LogP contribution in [0, 0.1) is 0 Å². The maximum atomic E-state index is 5.31. The van der Waals surface area contributed by atoms with Crippen molar-refractivity contribution in [2.75, 3.05) is 14.2 Å². The Kier molecular flexibility index (Phi) is 3.84. The highest BCUT2D eigenvalue weighted by atomic mass is 79.9. The second-order valence-corrected chi connectivity index (χ2v) is 5.63. The van der Waals surface area contributed by atoms with Crippen molar-refractivity contribution in [3.63, 3.8) is 0 Å². The molecule has 0 saturated heterocycles. The molecule has 0 fully saturated rings. The summed E-state index contributed by atoms with van der Waals surface area (Å²) in [4.78, 5) is 7.94. The van der Waals surface area contributed by atoms with Crippen molar-refractivity contribution in [3.05, 3.63) is 52.3 Å². The van der Waals surface area contributed by atoms with Gasteiger partial charge in [-0.3, -0.25) is 0 Å². The smallest absolute Gasteiger partial charge is 0.163 e. The van der Waals surface area contributed by atoms with Crippen molar-refractivity contribution < 1.29 is 9.47 Å². The van der Waals surface area contributed by atoms with E-state index in [1.54, 1.807) is 14.2 Å². The molecule has 3 rings (SSSR count). The molecule has 0 aliphatic heterocycles. The van der Waals surface area contributed by atoms with E-state index in [1.807, 2.05) is 24.3 Å². The van der Waals surface area contributed by atoms with Gasteiger partial charge < -0.3 is 14.5 Å². The molecule has 5 heteroatoms. The Labute approximate surface area is 131 Å². The Bertz CT molecular complexity index is 742. The van der Waals surface area contributed by atoms with Gasteiger partial charge in [-0.2, -0.15) is 0 Å². The highest BCUT2D eigenvalue weighted by Crippen LogP contribution is 2.31. The summed E-state index contributed by atoms with van der Waals surface area (Å²) < 4.78 is 11.7. The zero-order valence-corrected chi connectivity index (χ0v) is 13.4. The van der Waals surface area contributed by atoms with Crippen LogP contribution in [0.4, 0.5) is 0 Å². The fourth-order valence-corrected chi connectivity index (χ4v) is 2.76. The standard InChI is InChI=1S/C16H15BrN2O2/c1-20-14-8-12-13(9-15(14)21-2)19-16(18-12)7-10-4-3-5-11(17)6-10/h3-6,8-9H,7H2,1-2H3,(H,18,19). The summed E-state index contributed by atoms with van der Waals surface area (Å²) in [5.74, 6) is 2.30. The third kappa shape index (κ3) is 2.88. The van der Waals surface area contributed by atoms with E-state index in [1.165, 1.54) is 5.56 Å². The molecule has 108 valence electrons. The highest BCUT2D eigenvalue weighted by molar-refractivity contribution is 9.10. The topological polar surface area (TPSA) is 47.1 Å². The Morgan fingerprint density at radius 1 is 1.10 bits per heavy atom. The third-order valence-corrected chi connectivity index (χ3v) is 3.79. The van der Waals surface area contributed by atoms with Crippen molar-refractivity contribution in [2.24, 2.45) is 0 Å². The van der Waals surface area contributed by atoms with Crippen molar-refractivity contribution >= 4 is 27.0 Å². The molecule has 0 atom stereocenters. The first-order valence-corrected chi connectivity index (χ1v) is 7.34. The average molecular weight is 347 g/mol. The van der Waals surface area contributed by atoms with Gasteiger partial charge in [0.2, 0.25) is 0 Å². The summed E-state index contributed by atoms with van der Waals surface area (Å²) >= 11 is 3.48. The van der Waals surface area contributed by atoms with Gasteiger partial charge in [-0.1, -0.05) is 28.1 Å². The fourth-order valence-electron chi connectivity index (χ4n) is 2.31. The number of aromatic nitrogens is 2. The zero-order valence-electron chi connectivity index (χ0n) is 11.8. The first kappa shape index (κ1) is 13.9. The van der Waals surface area contributed by atoms with Crippen LogP contribution >= 0.6 is 15.9 Å². The maximum Gasteiger partial charge on any atom is 0.163 e. The van der Waals surface area contributed by atoms with Gasteiger partial charge in [0.05, 0.1) is 25.3 Å². The van der Waals surface area contributed by atoms with E-state index in [2.05, 4.69) is 38.0 Å². The van der Waals surface area contributed by atoms with Crippen LogP contribution in [0.3, 0.4) is 0 Å². The van der Waals surface area contributed by atoms with Crippen LogP contribution in [0.1, 0.15) is 11.4 Å². The highest BCUT2D eigenvalue weighted by Gasteiger charge is 2.10. The SMILES string of the molecule is COc1cc2nc(Cc3cccc(Br)c3)[nH]c2cc1OC. The van der Waals surface area contributed by atoms with Crippen LogP contribution in [0.2, 0.25) is 0 Å². The van der Waals surface area contributed by atoms with Crippen LogP contribution in [-0.4, -0.2) is 24.2 Å². The van der Waals surface area contributed by atoms with Gasteiger partial charge in [-0.15, -0.1) is 0 Å². The van der Waals surface area contributed by atoms with Crippen molar-refractivity contribution in [1.29, 1.82) is 0 Å². The molecule has 0 saturated carbocycles. The Morgan fingerprint density at radius 2 is 1.86 bits per heavy atom. The number of hydrogen-bond acceptors (Lipinski definition) is 3. The van der Waals surface area contributed by atoms with Crippen molar-refractivity contribution in [1.82, 2.24) is 9.97 Å². The number of aromatic amines is 1. The lowest BCUT2D eigenvalue weighted by Gasteiger charge is -2.06. The van der Waals surface area contributed by atoms with Gasteiger partial charge in [-0.05, 0) is 17.7 Å². The molecular weight excluding hydrogens is 332 g/mol. The number of fused-ring (bicyclic) bond motifs is 1. The number of hydrogen-bond donors (Lipinski definition) is 1. The summed E-state index contributed by atoms with van der Waals surface area (Å²) in [5.41, 5.74) is 3.01. The lowest BCUT2D eigenvalue weighted by Crippen LogP contribution is -1.90. The van der Waals surface area contributed by atoms with Gasteiger partial charge in [0.1, 0.15) is 5.82 Å². The minimum atomic E-state index is 0.686. The number of imidazole rings is 1. The van der Waals surface area contributed by atoms with Gasteiger partial charge in [0, 0.05) is 23.0 Å². The van der Waals surface area contributed by atoms with E-state index in [-0.39, 0.29) is 0 Å². The summed E-state index contributed by atoms with van der Waals surface area (Å²) in [5, 5.41) is 0. The van der Waals surface area contributed by atoms with E-state index >= 15 is 0 Å². The van der Waals surface area contributed by atoms with Crippen molar-refractivity contribution in [2.45, 2.75) is 6.42 Å². The second-order valence-electron chi connectivity index (χ2n) is 4.71. The normalized spacial score (nSPS) is 10.8. The van der Waals surface area contributed by atoms with E-state index in [9.17, 15) is 0 Å². The quantitative estimate of drug-likeness (QED) is 0.778. The van der Waals surface area contributed by atoms with Crippen LogP contribution in [-0.2, 0) is 6.42 Å². The molecule has 21 heavy (non-hydrogen) atoms.